The largest absolute Gasteiger partial charge is 0.505 e. The second-order valence-electron chi connectivity index (χ2n) is 2.99. The van der Waals surface area contributed by atoms with E-state index >= 15 is 0 Å². The molecule has 0 unspecified atom stereocenters. The van der Waals surface area contributed by atoms with Crippen molar-refractivity contribution in [3.05, 3.63) is 29.6 Å². The van der Waals surface area contributed by atoms with Gasteiger partial charge in [-0.3, -0.25) is 0 Å². The van der Waals surface area contributed by atoms with Crippen molar-refractivity contribution in [2.24, 2.45) is 0 Å². The fourth-order valence-electron chi connectivity index (χ4n) is 1.03. The minimum Gasteiger partial charge on any atom is -0.505 e. The van der Waals surface area contributed by atoms with Gasteiger partial charge in [-0.15, -0.1) is 0 Å². The van der Waals surface area contributed by atoms with Gasteiger partial charge in [-0.05, 0) is 31.0 Å². The van der Waals surface area contributed by atoms with E-state index < -0.39 is 5.82 Å². The van der Waals surface area contributed by atoms with Gasteiger partial charge in [-0.2, -0.15) is 0 Å². The van der Waals surface area contributed by atoms with Crippen LogP contribution in [0, 0.1) is 5.82 Å². The molecule has 0 saturated carbocycles. The third-order valence-corrected chi connectivity index (χ3v) is 1.78. The second kappa shape index (κ2) is 6.98. The summed E-state index contributed by atoms with van der Waals surface area (Å²) in [6, 6.07) is 4.16. The van der Waals surface area contributed by atoms with Gasteiger partial charge >= 0.3 is 0 Å². The van der Waals surface area contributed by atoms with Gasteiger partial charge < -0.3 is 9.90 Å². The molecule has 0 aliphatic carbocycles. The van der Waals surface area contributed by atoms with Gasteiger partial charge in [-0.1, -0.05) is 19.9 Å². The number of Topliss-reactive ketones (excluding diaryl/α,β-unsaturated/α-hetero) is 1. The fraction of sp³-hybridized carbons (Fsp3) is 0.417. The number of aromatic hydroxyl groups is 1. The zero-order valence-corrected chi connectivity index (χ0v) is 9.38. The summed E-state index contributed by atoms with van der Waals surface area (Å²) in [4.78, 5) is 10.6. The van der Waals surface area contributed by atoms with Crippen molar-refractivity contribution in [1.29, 1.82) is 0 Å². The zero-order valence-electron chi connectivity index (χ0n) is 9.38. The lowest BCUT2D eigenvalue weighted by atomic mass is 10.1. The monoisotopic (exact) mass is 212 g/mol. The van der Waals surface area contributed by atoms with Crippen LogP contribution >= 0.6 is 0 Å². The molecule has 1 rings (SSSR count). The number of aryl methyl sites for hydroxylation is 1. The van der Waals surface area contributed by atoms with Crippen LogP contribution in [0.15, 0.2) is 18.2 Å². The number of halogens is 1. The predicted molar refractivity (Wildman–Crippen MR) is 58.4 cm³/mol. The average Bonchev–Trinajstić information content (AvgIpc) is 2.23. The predicted octanol–water partition coefficient (Wildman–Crippen LogP) is 3.08. The Hall–Kier alpha value is -1.38. The molecule has 0 heterocycles. The Morgan fingerprint density at radius 3 is 2.47 bits per heavy atom. The molecule has 0 radical (unpaired) electrons. The molecule has 0 spiro atoms. The summed E-state index contributed by atoms with van der Waals surface area (Å²) >= 11 is 0. The average molecular weight is 212 g/mol. The number of hydrogen-bond donors (Lipinski definition) is 1. The Balaban J connectivity index is 0.000000921. The molecule has 0 aliphatic rings. The topological polar surface area (TPSA) is 37.3 Å². The highest BCUT2D eigenvalue weighted by Gasteiger charge is 2.02. The molecular weight excluding hydrogens is 195 g/mol. The lowest BCUT2D eigenvalue weighted by molar-refractivity contribution is -0.116. The van der Waals surface area contributed by atoms with Crippen LogP contribution in [0.5, 0.6) is 5.75 Å². The molecule has 15 heavy (non-hydrogen) atoms. The quantitative estimate of drug-likeness (QED) is 0.836. The zero-order chi connectivity index (χ0) is 11.8. The van der Waals surface area contributed by atoms with Crippen molar-refractivity contribution in [3.8, 4) is 5.75 Å². The molecule has 0 amide bonds. The third-order valence-electron chi connectivity index (χ3n) is 1.78. The van der Waals surface area contributed by atoms with Gasteiger partial charge in [0.25, 0.3) is 0 Å². The fourth-order valence-corrected chi connectivity index (χ4v) is 1.03. The van der Waals surface area contributed by atoms with E-state index in [0.717, 1.165) is 5.56 Å². The number of carbonyl (C=O) groups excluding carboxylic acids is 1. The highest BCUT2D eigenvalue weighted by molar-refractivity contribution is 5.75. The molecule has 0 saturated heterocycles. The number of carbonyl (C=O) groups is 1. The van der Waals surface area contributed by atoms with Gasteiger partial charge in [-0.25, -0.2) is 4.39 Å². The van der Waals surface area contributed by atoms with Gasteiger partial charge in [0, 0.05) is 6.42 Å². The Kier molecular flexibility index (Phi) is 6.34. The van der Waals surface area contributed by atoms with Crippen LogP contribution in [0.4, 0.5) is 4.39 Å². The molecule has 1 N–H and O–H groups in total. The van der Waals surface area contributed by atoms with Crippen molar-refractivity contribution >= 4 is 5.78 Å². The van der Waals surface area contributed by atoms with Gasteiger partial charge in [0.1, 0.15) is 5.78 Å². The van der Waals surface area contributed by atoms with Crippen molar-refractivity contribution in [1.82, 2.24) is 0 Å². The second-order valence-corrected chi connectivity index (χ2v) is 2.99. The SMILES string of the molecule is CC.CC(=O)CCc1ccc(O)c(F)c1. The van der Waals surface area contributed by atoms with E-state index in [9.17, 15) is 9.18 Å². The molecule has 3 heteroatoms. The van der Waals surface area contributed by atoms with E-state index in [1.54, 1.807) is 6.07 Å². The summed E-state index contributed by atoms with van der Waals surface area (Å²) in [5.74, 6) is -0.916. The van der Waals surface area contributed by atoms with E-state index in [4.69, 9.17) is 5.11 Å². The lowest BCUT2D eigenvalue weighted by Crippen LogP contribution is -1.94. The summed E-state index contributed by atoms with van der Waals surface area (Å²) in [5.41, 5.74) is 0.727. The first-order chi connectivity index (χ1) is 7.09. The lowest BCUT2D eigenvalue weighted by Gasteiger charge is -2.00. The molecule has 0 bridgehead atoms. The maximum atomic E-state index is 12.8. The number of hydrogen-bond acceptors (Lipinski definition) is 2. The first kappa shape index (κ1) is 13.6. The van der Waals surface area contributed by atoms with E-state index in [1.165, 1.54) is 19.1 Å². The molecule has 0 aliphatic heterocycles. The number of phenolic OH excluding ortho intramolecular Hbond substituents is 1. The van der Waals surface area contributed by atoms with Crippen LogP contribution in [-0.4, -0.2) is 10.9 Å². The van der Waals surface area contributed by atoms with Crippen LogP contribution in [0.3, 0.4) is 0 Å². The number of phenols is 1. The Bertz CT molecular complexity index is 321. The van der Waals surface area contributed by atoms with Crippen LogP contribution in [-0.2, 0) is 11.2 Å². The molecule has 84 valence electrons. The normalized spacial score (nSPS) is 9.07. The molecular formula is C12H17FO2. The van der Waals surface area contributed by atoms with Crippen LogP contribution < -0.4 is 0 Å². The minimum atomic E-state index is -0.638. The first-order valence-corrected chi connectivity index (χ1v) is 5.06. The van der Waals surface area contributed by atoms with E-state index in [0.29, 0.717) is 12.8 Å². The summed E-state index contributed by atoms with van der Waals surface area (Å²) in [5, 5.41) is 8.88. The van der Waals surface area contributed by atoms with Crippen molar-refractivity contribution in [3.63, 3.8) is 0 Å². The van der Waals surface area contributed by atoms with Crippen molar-refractivity contribution in [2.45, 2.75) is 33.6 Å². The summed E-state index contributed by atoms with van der Waals surface area (Å²) in [6.07, 6.45) is 0.927. The summed E-state index contributed by atoms with van der Waals surface area (Å²) < 4.78 is 12.8. The minimum absolute atomic E-state index is 0.0773. The van der Waals surface area contributed by atoms with E-state index in [1.807, 2.05) is 13.8 Å². The van der Waals surface area contributed by atoms with Crippen molar-refractivity contribution in [2.75, 3.05) is 0 Å². The third kappa shape index (κ3) is 5.15. The number of ketones is 1. The first-order valence-electron chi connectivity index (χ1n) is 5.06. The number of rotatable bonds is 3. The summed E-state index contributed by atoms with van der Waals surface area (Å²) in [7, 11) is 0. The van der Waals surface area contributed by atoms with Gasteiger partial charge in [0.15, 0.2) is 11.6 Å². The Morgan fingerprint density at radius 2 is 2.00 bits per heavy atom. The molecule has 2 nitrogen and oxygen atoms in total. The highest BCUT2D eigenvalue weighted by atomic mass is 19.1. The number of benzene rings is 1. The smallest absolute Gasteiger partial charge is 0.165 e. The van der Waals surface area contributed by atoms with Gasteiger partial charge in [0.05, 0.1) is 0 Å². The molecule has 1 aromatic carbocycles. The van der Waals surface area contributed by atoms with Gasteiger partial charge in [0.2, 0.25) is 0 Å². The summed E-state index contributed by atoms with van der Waals surface area (Å²) in [6.45, 7) is 5.50. The maximum absolute atomic E-state index is 12.8. The Labute approximate surface area is 89.7 Å². The molecule has 1 aromatic rings. The Morgan fingerprint density at radius 1 is 1.40 bits per heavy atom. The molecule has 0 atom stereocenters. The van der Waals surface area contributed by atoms with Crippen LogP contribution in [0.2, 0.25) is 0 Å². The van der Waals surface area contributed by atoms with E-state index in [-0.39, 0.29) is 11.5 Å². The maximum Gasteiger partial charge on any atom is 0.165 e. The highest BCUT2D eigenvalue weighted by Crippen LogP contribution is 2.16. The standard InChI is InChI=1S/C10H11FO2.C2H6/c1-7(12)2-3-8-4-5-10(13)9(11)6-8;1-2/h4-6,13H,2-3H2,1H3;1-2H3. The van der Waals surface area contributed by atoms with Crippen molar-refractivity contribution < 1.29 is 14.3 Å². The van der Waals surface area contributed by atoms with E-state index in [2.05, 4.69) is 0 Å². The van der Waals surface area contributed by atoms with Crippen LogP contribution in [0.25, 0.3) is 0 Å². The molecule has 0 aromatic heterocycles. The molecule has 0 fully saturated rings. The van der Waals surface area contributed by atoms with Crippen LogP contribution in [0.1, 0.15) is 32.8 Å².